The number of hydrogen-bond donors (Lipinski definition) is 0. The molecule has 0 N–H and O–H groups in total. The molecule has 4 rings (SSSR count). The van der Waals surface area contributed by atoms with Crippen molar-refractivity contribution >= 4 is 5.57 Å². The molecule has 3 aliphatic rings. The van der Waals surface area contributed by atoms with Crippen LogP contribution in [0.15, 0.2) is 42.5 Å². The van der Waals surface area contributed by atoms with E-state index in [4.69, 9.17) is 9.47 Å². The standard InChI is InChI=1S/C18H22O2/c1-17-10-9-14(18(2,12-17)20-4)11-16(17)13-5-7-15(19-3)8-6-13/h5-11,14H,12H2,1-4H3/t14-,17-,18-/m1/s1. The molecule has 0 unspecified atom stereocenters. The van der Waals surface area contributed by atoms with Crippen molar-refractivity contribution in [3.63, 3.8) is 0 Å². The Morgan fingerprint density at radius 3 is 2.35 bits per heavy atom. The zero-order chi connectivity index (χ0) is 14.4. The first-order valence-corrected chi connectivity index (χ1v) is 7.12. The number of hydrogen-bond acceptors (Lipinski definition) is 2. The molecule has 3 aliphatic carbocycles. The maximum absolute atomic E-state index is 5.78. The van der Waals surface area contributed by atoms with Crippen molar-refractivity contribution in [3.05, 3.63) is 48.1 Å². The van der Waals surface area contributed by atoms with Gasteiger partial charge in [0.05, 0.1) is 12.7 Å². The van der Waals surface area contributed by atoms with Crippen LogP contribution in [-0.4, -0.2) is 19.8 Å². The summed E-state index contributed by atoms with van der Waals surface area (Å²) in [5.41, 5.74) is 2.65. The Kier molecular flexibility index (Phi) is 3.02. The van der Waals surface area contributed by atoms with E-state index in [9.17, 15) is 0 Å². The van der Waals surface area contributed by atoms with Crippen LogP contribution in [0, 0.1) is 11.3 Å². The molecule has 106 valence electrons. The summed E-state index contributed by atoms with van der Waals surface area (Å²) >= 11 is 0. The Morgan fingerprint density at radius 2 is 1.80 bits per heavy atom. The molecule has 2 nitrogen and oxygen atoms in total. The van der Waals surface area contributed by atoms with Crippen molar-refractivity contribution in [1.82, 2.24) is 0 Å². The second kappa shape index (κ2) is 4.49. The summed E-state index contributed by atoms with van der Waals surface area (Å²) < 4.78 is 11.0. The summed E-state index contributed by atoms with van der Waals surface area (Å²) in [6, 6.07) is 8.35. The largest absolute Gasteiger partial charge is 0.497 e. The number of allylic oxidation sites excluding steroid dienone is 2. The van der Waals surface area contributed by atoms with E-state index in [1.165, 1.54) is 11.1 Å². The van der Waals surface area contributed by atoms with Gasteiger partial charge in [-0.05, 0) is 36.6 Å². The van der Waals surface area contributed by atoms with Crippen LogP contribution in [0.3, 0.4) is 0 Å². The van der Waals surface area contributed by atoms with Gasteiger partial charge in [-0.2, -0.15) is 0 Å². The van der Waals surface area contributed by atoms with Crippen LogP contribution in [0.2, 0.25) is 0 Å². The molecule has 0 aromatic heterocycles. The average molecular weight is 270 g/mol. The highest BCUT2D eigenvalue weighted by atomic mass is 16.5. The molecule has 20 heavy (non-hydrogen) atoms. The molecule has 3 atom stereocenters. The molecule has 0 fully saturated rings. The van der Waals surface area contributed by atoms with E-state index in [0.717, 1.165) is 12.2 Å². The minimum absolute atomic E-state index is 0.0497. The normalized spacial score (nSPS) is 35.0. The van der Waals surface area contributed by atoms with Crippen LogP contribution in [0.25, 0.3) is 5.57 Å². The predicted molar refractivity (Wildman–Crippen MR) is 81.7 cm³/mol. The lowest BCUT2D eigenvalue weighted by molar-refractivity contribution is -0.0461. The number of methoxy groups -OCH3 is 2. The van der Waals surface area contributed by atoms with Gasteiger partial charge in [-0.25, -0.2) is 0 Å². The summed E-state index contributed by atoms with van der Waals surface area (Å²) in [5, 5.41) is 0. The molecular formula is C18H22O2. The maximum atomic E-state index is 5.78. The van der Waals surface area contributed by atoms with Gasteiger partial charge in [0.15, 0.2) is 0 Å². The van der Waals surface area contributed by atoms with Crippen LogP contribution in [-0.2, 0) is 4.74 Å². The van der Waals surface area contributed by atoms with E-state index in [1.54, 1.807) is 7.11 Å². The molecule has 0 aliphatic heterocycles. The van der Waals surface area contributed by atoms with Gasteiger partial charge < -0.3 is 9.47 Å². The molecule has 0 radical (unpaired) electrons. The van der Waals surface area contributed by atoms with E-state index in [2.05, 4.69) is 44.2 Å². The summed E-state index contributed by atoms with van der Waals surface area (Å²) in [6.07, 6.45) is 8.03. The Bertz CT molecular complexity index is 570. The van der Waals surface area contributed by atoms with Crippen molar-refractivity contribution in [2.24, 2.45) is 11.3 Å². The van der Waals surface area contributed by atoms with Gasteiger partial charge in [0.25, 0.3) is 0 Å². The molecule has 2 bridgehead atoms. The number of ether oxygens (including phenoxy) is 2. The highest BCUT2D eigenvalue weighted by Gasteiger charge is 2.48. The third-order valence-electron chi connectivity index (χ3n) is 4.92. The van der Waals surface area contributed by atoms with Crippen molar-refractivity contribution in [2.45, 2.75) is 25.9 Å². The van der Waals surface area contributed by atoms with E-state index < -0.39 is 0 Å². The molecule has 0 spiro atoms. The highest BCUT2D eigenvalue weighted by molar-refractivity contribution is 5.75. The van der Waals surface area contributed by atoms with Crippen LogP contribution >= 0.6 is 0 Å². The molecule has 0 heterocycles. The fourth-order valence-electron chi connectivity index (χ4n) is 3.62. The third kappa shape index (κ3) is 1.90. The van der Waals surface area contributed by atoms with Crippen molar-refractivity contribution in [2.75, 3.05) is 14.2 Å². The third-order valence-corrected chi connectivity index (χ3v) is 4.92. The molecular weight excluding hydrogens is 248 g/mol. The van der Waals surface area contributed by atoms with Gasteiger partial charge in [0.1, 0.15) is 5.75 Å². The maximum Gasteiger partial charge on any atom is 0.118 e. The highest BCUT2D eigenvalue weighted by Crippen LogP contribution is 2.54. The van der Waals surface area contributed by atoms with Crippen LogP contribution in [0.4, 0.5) is 0 Å². The van der Waals surface area contributed by atoms with Crippen LogP contribution in [0.1, 0.15) is 25.8 Å². The van der Waals surface area contributed by atoms with Gasteiger partial charge in [0, 0.05) is 18.4 Å². The molecule has 0 saturated heterocycles. The van der Waals surface area contributed by atoms with Gasteiger partial charge in [0.2, 0.25) is 0 Å². The summed E-state index contributed by atoms with van der Waals surface area (Å²) in [4.78, 5) is 0. The smallest absolute Gasteiger partial charge is 0.118 e. The lowest BCUT2D eigenvalue weighted by atomic mass is 9.59. The molecule has 0 saturated carbocycles. The van der Waals surface area contributed by atoms with E-state index in [0.29, 0.717) is 5.92 Å². The SMILES string of the molecule is COc1ccc(C2=C[C@H]3C=C[C@]2(C)C[C@@]3(C)OC)cc1. The Hall–Kier alpha value is -1.54. The number of benzene rings is 1. The Balaban J connectivity index is 2.01. The zero-order valence-electron chi connectivity index (χ0n) is 12.6. The quantitative estimate of drug-likeness (QED) is 0.770. The lowest BCUT2D eigenvalue weighted by Crippen LogP contribution is -2.46. The van der Waals surface area contributed by atoms with Crippen LogP contribution < -0.4 is 4.74 Å². The van der Waals surface area contributed by atoms with Crippen molar-refractivity contribution < 1.29 is 9.47 Å². The fourth-order valence-corrected chi connectivity index (χ4v) is 3.62. The fraction of sp³-hybridized carbons (Fsp3) is 0.444. The second-order valence-corrected chi connectivity index (χ2v) is 6.30. The van der Waals surface area contributed by atoms with E-state index >= 15 is 0 Å². The average Bonchev–Trinajstić information content (AvgIpc) is 2.47. The topological polar surface area (TPSA) is 18.5 Å². The van der Waals surface area contributed by atoms with E-state index in [1.807, 2.05) is 19.2 Å². The van der Waals surface area contributed by atoms with Crippen LogP contribution in [0.5, 0.6) is 5.75 Å². The van der Waals surface area contributed by atoms with E-state index in [-0.39, 0.29) is 11.0 Å². The summed E-state index contributed by atoms with van der Waals surface area (Å²) in [6.45, 7) is 4.51. The molecule has 0 amide bonds. The molecule has 1 aromatic rings. The Morgan fingerprint density at radius 1 is 1.10 bits per heavy atom. The zero-order valence-corrected chi connectivity index (χ0v) is 12.6. The predicted octanol–water partition coefficient (Wildman–Crippen LogP) is 4.08. The summed E-state index contributed by atoms with van der Waals surface area (Å²) in [7, 11) is 3.52. The molecule has 2 heteroatoms. The summed E-state index contributed by atoms with van der Waals surface area (Å²) in [5.74, 6) is 1.25. The minimum atomic E-state index is -0.0839. The minimum Gasteiger partial charge on any atom is -0.497 e. The van der Waals surface area contributed by atoms with Gasteiger partial charge in [-0.15, -0.1) is 0 Å². The first-order chi connectivity index (χ1) is 9.51. The van der Waals surface area contributed by atoms with Gasteiger partial charge in [-0.1, -0.05) is 37.3 Å². The second-order valence-electron chi connectivity index (χ2n) is 6.30. The van der Waals surface area contributed by atoms with Gasteiger partial charge >= 0.3 is 0 Å². The van der Waals surface area contributed by atoms with Crippen molar-refractivity contribution in [3.8, 4) is 5.75 Å². The van der Waals surface area contributed by atoms with Gasteiger partial charge in [-0.3, -0.25) is 0 Å². The first kappa shape index (κ1) is 13.4. The number of fused-ring (bicyclic) bond motifs is 1. The first-order valence-electron chi connectivity index (χ1n) is 7.12. The lowest BCUT2D eigenvalue weighted by Gasteiger charge is -2.50. The number of rotatable bonds is 3. The monoisotopic (exact) mass is 270 g/mol. The van der Waals surface area contributed by atoms with Crippen molar-refractivity contribution in [1.29, 1.82) is 0 Å². The Labute approximate surface area is 121 Å². The molecule has 1 aromatic carbocycles.